The molecule has 1 aliphatic rings. The first kappa shape index (κ1) is 20.0. The summed E-state index contributed by atoms with van der Waals surface area (Å²) < 4.78 is 0. The predicted molar refractivity (Wildman–Crippen MR) is 124 cm³/mol. The summed E-state index contributed by atoms with van der Waals surface area (Å²) in [5.41, 5.74) is 5.22. The third kappa shape index (κ3) is 4.12. The van der Waals surface area contributed by atoms with Crippen LogP contribution in [0.2, 0.25) is 0 Å². The molecule has 0 atom stereocenters. The van der Waals surface area contributed by atoms with Gasteiger partial charge in [-0.25, -0.2) is 4.98 Å². The molecule has 0 bridgehead atoms. The van der Waals surface area contributed by atoms with E-state index in [2.05, 4.69) is 27.4 Å². The van der Waals surface area contributed by atoms with E-state index < -0.39 is 0 Å². The maximum atomic E-state index is 12.9. The zero-order valence-electron chi connectivity index (χ0n) is 17.6. The Morgan fingerprint density at radius 1 is 0.875 bits per heavy atom. The highest BCUT2D eigenvalue weighted by Gasteiger charge is 2.25. The third-order valence-corrected chi connectivity index (χ3v) is 6.04. The molecule has 1 aromatic heterocycles. The van der Waals surface area contributed by atoms with Crippen molar-refractivity contribution in [3.63, 3.8) is 0 Å². The van der Waals surface area contributed by atoms with Crippen LogP contribution in [0.4, 0.5) is 0 Å². The van der Waals surface area contributed by atoms with Gasteiger partial charge in [-0.3, -0.25) is 9.59 Å². The molecule has 1 fully saturated rings. The van der Waals surface area contributed by atoms with Crippen molar-refractivity contribution >= 4 is 22.8 Å². The second-order valence-corrected chi connectivity index (χ2v) is 8.12. The number of imidazole rings is 1. The molecule has 1 saturated heterocycles. The number of carbonyl (C=O) groups excluding carboxylic acids is 2. The van der Waals surface area contributed by atoms with E-state index in [0.29, 0.717) is 24.2 Å². The van der Waals surface area contributed by atoms with Crippen LogP contribution in [-0.4, -0.2) is 45.8 Å². The van der Waals surface area contributed by atoms with Crippen molar-refractivity contribution < 1.29 is 9.59 Å². The van der Waals surface area contributed by atoms with Crippen molar-refractivity contribution in [1.29, 1.82) is 0 Å². The Morgan fingerprint density at radius 2 is 1.56 bits per heavy atom. The van der Waals surface area contributed by atoms with Gasteiger partial charge in [-0.05, 0) is 54.3 Å². The Kier molecular flexibility index (Phi) is 5.42. The first-order valence-corrected chi connectivity index (χ1v) is 10.9. The van der Waals surface area contributed by atoms with Crippen LogP contribution in [0.1, 0.15) is 33.6 Å². The zero-order valence-corrected chi connectivity index (χ0v) is 17.6. The van der Waals surface area contributed by atoms with Crippen LogP contribution in [0.5, 0.6) is 0 Å². The van der Waals surface area contributed by atoms with Crippen LogP contribution in [0, 0.1) is 0 Å². The molecule has 0 saturated carbocycles. The summed E-state index contributed by atoms with van der Waals surface area (Å²) in [6, 6.07) is 23.4. The minimum Gasteiger partial charge on any atom is -0.349 e. The van der Waals surface area contributed by atoms with Crippen LogP contribution in [-0.2, 0) is 0 Å². The van der Waals surface area contributed by atoms with E-state index in [9.17, 15) is 9.59 Å². The van der Waals surface area contributed by atoms with Gasteiger partial charge in [-0.1, -0.05) is 42.5 Å². The number of likely N-dealkylation sites (tertiary alicyclic amines) is 1. The van der Waals surface area contributed by atoms with Gasteiger partial charge in [0.1, 0.15) is 0 Å². The number of hydrogen-bond acceptors (Lipinski definition) is 3. The summed E-state index contributed by atoms with van der Waals surface area (Å²) in [5.74, 6) is -0.0538. The van der Waals surface area contributed by atoms with Crippen molar-refractivity contribution in [2.24, 2.45) is 0 Å². The highest BCUT2D eigenvalue weighted by Crippen LogP contribution is 2.20. The van der Waals surface area contributed by atoms with Gasteiger partial charge in [-0.2, -0.15) is 0 Å². The number of benzene rings is 3. The number of aromatic amines is 1. The third-order valence-electron chi connectivity index (χ3n) is 6.04. The highest BCUT2D eigenvalue weighted by atomic mass is 16.2. The van der Waals surface area contributed by atoms with Gasteiger partial charge in [0.15, 0.2) is 0 Å². The van der Waals surface area contributed by atoms with Crippen molar-refractivity contribution in [1.82, 2.24) is 20.2 Å². The van der Waals surface area contributed by atoms with Gasteiger partial charge in [-0.15, -0.1) is 0 Å². The molecule has 4 aromatic rings. The number of fused-ring (bicyclic) bond motifs is 1. The lowest BCUT2D eigenvalue weighted by Gasteiger charge is -2.32. The molecule has 0 unspecified atom stereocenters. The molecule has 160 valence electrons. The fraction of sp³-hybridized carbons (Fsp3) is 0.192. The molecule has 32 heavy (non-hydrogen) atoms. The average Bonchev–Trinajstić information content (AvgIpc) is 3.33. The van der Waals surface area contributed by atoms with Crippen molar-refractivity contribution in [2.45, 2.75) is 18.9 Å². The standard InChI is InChI=1S/C26H24N4O2/c31-25(20-8-6-19(7-9-20)18-4-2-1-3-5-18)29-22-12-14-30(15-13-22)26(32)21-10-11-23-24(16-21)28-17-27-23/h1-11,16-17,22H,12-15H2,(H,27,28)(H,29,31). The maximum Gasteiger partial charge on any atom is 0.253 e. The molecular weight excluding hydrogens is 400 g/mol. The van der Waals surface area contributed by atoms with Gasteiger partial charge in [0, 0.05) is 30.3 Å². The number of nitrogens with one attached hydrogen (secondary N) is 2. The van der Waals surface area contributed by atoms with E-state index in [1.54, 1.807) is 6.33 Å². The molecule has 0 radical (unpaired) electrons. The molecule has 2 heterocycles. The minimum absolute atomic E-state index is 0.0165. The summed E-state index contributed by atoms with van der Waals surface area (Å²) in [4.78, 5) is 34.7. The van der Waals surface area contributed by atoms with Crippen molar-refractivity contribution in [3.05, 3.63) is 90.3 Å². The zero-order chi connectivity index (χ0) is 21.9. The molecule has 0 aliphatic carbocycles. The molecular formula is C26H24N4O2. The molecule has 6 nitrogen and oxygen atoms in total. The van der Waals surface area contributed by atoms with Gasteiger partial charge in [0.25, 0.3) is 11.8 Å². The van der Waals surface area contributed by atoms with E-state index in [1.807, 2.05) is 65.6 Å². The van der Waals surface area contributed by atoms with Crippen LogP contribution < -0.4 is 5.32 Å². The molecule has 5 rings (SSSR count). The summed E-state index contributed by atoms with van der Waals surface area (Å²) in [7, 11) is 0. The highest BCUT2D eigenvalue weighted by molar-refractivity contribution is 5.97. The summed E-state index contributed by atoms with van der Waals surface area (Å²) >= 11 is 0. The molecule has 6 heteroatoms. The first-order valence-electron chi connectivity index (χ1n) is 10.9. The van der Waals surface area contributed by atoms with Crippen molar-refractivity contribution in [3.8, 4) is 11.1 Å². The fourth-order valence-corrected chi connectivity index (χ4v) is 4.19. The lowest BCUT2D eigenvalue weighted by atomic mass is 10.0. The van der Waals surface area contributed by atoms with Crippen LogP contribution in [0.15, 0.2) is 79.1 Å². The number of nitrogens with zero attached hydrogens (tertiary/aromatic N) is 2. The van der Waals surface area contributed by atoms with E-state index in [4.69, 9.17) is 0 Å². The normalized spacial score (nSPS) is 14.4. The Bertz CT molecular complexity index is 1240. The summed E-state index contributed by atoms with van der Waals surface area (Å²) in [6.07, 6.45) is 3.11. The van der Waals surface area contributed by atoms with Crippen molar-refractivity contribution in [2.75, 3.05) is 13.1 Å². The van der Waals surface area contributed by atoms with E-state index >= 15 is 0 Å². The predicted octanol–water partition coefficient (Wildman–Crippen LogP) is 4.26. The lowest BCUT2D eigenvalue weighted by Crippen LogP contribution is -2.46. The Hall–Kier alpha value is -3.93. The molecule has 2 N–H and O–H groups in total. The van der Waals surface area contributed by atoms with E-state index in [1.165, 1.54) is 0 Å². The fourth-order valence-electron chi connectivity index (χ4n) is 4.19. The number of piperidine rings is 1. The van der Waals surface area contributed by atoms with Crippen LogP contribution >= 0.6 is 0 Å². The maximum absolute atomic E-state index is 12.9. The first-order chi connectivity index (χ1) is 15.7. The quantitative estimate of drug-likeness (QED) is 0.514. The number of carbonyl (C=O) groups is 2. The lowest BCUT2D eigenvalue weighted by molar-refractivity contribution is 0.0698. The molecule has 0 spiro atoms. The van der Waals surface area contributed by atoms with Gasteiger partial charge in [0.05, 0.1) is 17.4 Å². The molecule has 3 aromatic carbocycles. The Labute approximate surface area is 186 Å². The second kappa shape index (κ2) is 8.67. The molecule has 1 aliphatic heterocycles. The smallest absolute Gasteiger partial charge is 0.253 e. The van der Waals surface area contributed by atoms with Crippen LogP contribution in [0.25, 0.3) is 22.2 Å². The topological polar surface area (TPSA) is 78.1 Å². The number of aromatic nitrogens is 2. The van der Waals surface area contributed by atoms with E-state index in [0.717, 1.165) is 35.0 Å². The second-order valence-electron chi connectivity index (χ2n) is 8.12. The molecule has 2 amide bonds. The summed E-state index contributed by atoms with van der Waals surface area (Å²) in [5, 5.41) is 3.12. The number of H-pyrrole nitrogens is 1. The van der Waals surface area contributed by atoms with Gasteiger partial charge in [0.2, 0.25) is 0 Å². The average molecular weight is 425 g/mol. The van der Waals surface area contributed by atoms with E-state index in [-0.39, 0.29) is 17.9 Å². The van der Waals surface area contributed by atoms with Gasteiger partial charge < -0.3 is 15.2 Å². The summed E-state index contributed by atoms with van der Waals surface area (Å²) in [6.45, 7) is 1.25. The van der Waals surface area contributed by atoms with Crippen LogP contribution in [0.3, 0.4) is 0 Å². The monoisotopic (exact) mass is 424 g/mol. The minimum atomic E-state index is -0.0703. The Morgan fingerprint density at radius 3 is 2.31 bits per heavy atom. The number of hydrogen-bond donors (Lipinski definition) is 2. The SMILES string of the molecule is O=C(NC1CCN(C(=O)c2ccc3nc[nH]c3c2)CC1)c1ccc(-c2ccccc2)cc1. The van der Waals surface area contributed by atoms with Gasteiger partial charge >= 0.3 is 0 Å². The number of amides is 2. The number of rotatable bonds is 4. The Balaban J connectivity index is 1.16. The largest absolute Gasteiger partial charge is 0.349 e.